The van der Waals surface area contributed by atoms with Crippen molar-refractivity contribution in [1.82, 2.24) is 9.55 Å². The van der Waals surface area contributed by atoms with Crippen LogP contribution in [-0.4, -0.2) is 16.2 Å². The maximum Gasteiger partial charge on any atom is 0.123 e. The van der Waals surface area contributed by atoms with Crippen molar-refractivity contribution in [3.63, 3.8) is 0 Å². The predicted octanol–water partition coefficient (Wildman–Crippen LogP) is 2.94. The maximum absolute atomic E-state index is 5.80. The Bertz CT molecular complexity index is 546. The molecule has 0 bridgehead atoms. The molecule has 104 valence electrons. The van der Waals surface area contributed by atoms with E-state index in [0.29, 0.717) is 19.1 Å². The summed E-state index contributed by atoms with van der Waals surface area (Å²) in [4.78, 5) is 4.61. The van der Waals surface area contributed by atoms with E-state index in [9.17, 15) is 0 Å². The molecular weight excluding hydrogens is 238 g/mol. The average Bonchev–Trinajstić information content (AvgIpc) is 2.73. The lowest BCUT2D eigenvalue weighted by Gasteiger charge is -2.10. The van der Waals surface area contributed by atoms with Crippen molar-refractivity contribution in [2.45, 2.75) is 40.3 Å². The van der Waals surface area contributed by atoms with Gasteiger partial charge < -0.3 is 15.0 Å². The van der Waals surface area contributed by atoms with Gasteiger partial charge in [-0.3, -0.25) is 0 Å². The monoisotopic (exact) mass is 261 g/mol. The largest absolute Gasteiger partial charge is 0.494 e. The second kappa shape index (κ2) is 6.06. The zero-order valence-electron chi connectivity index (χ0n) is 12.0. The molecule has 0 spiro atoms. The number of benzene rings is 1. The van der Waals surface area contributed by atoms with Crippen LogP contribution >= 0.6 is 0 Å². The summed E-state index contributed by atoms with van der Waals surface area (Å²) in [5, 5.41) is 0. The molecule has 0 atom stereocenters. The third-order valence-electron chi connectivity index (χ3n) is 3.22. The number of hydrogen-bond donors (Lipinski definition) is 1. The molecule has 1 heterocycles. The molecule has 0 aliphatic heterocycles. The molecule has 0 aliphatic rings. The molecule has 2 rings (SSSR count). The van der Waals surface area contributed by atoms with Gasteiger partial charge >= 0.3 is 0 Å². The summed E-state index contributed by atoms with van der Waals surface area (Å²) in [6, 6.07) is 6.07. The standard InChI is InChI=1S/C15H23N3O/c1-4-19-12-5-6-14-13(9-12)17-15(10-16)18(14)8-7-11(2)3/h5-6,9,11H,4,7-8,10,16H2,1-3H3. The molecular formula is C15H23N3O. The van der Waals surface area contributed by atoms with E-state index in [2.05, 4.69) is 29.5 Å². The van der Waals surface area contributed by atoms with E-state index in [1.807, 2.05) is 19.1 Å². The average molecular weight is 261 g/mol. The molecule has 4 nitrogen and oxygen atoms in total. The highest BCUT2D eigenvalue weighted by Crippen LogP contribution is 2.23. The maximum atomic E-state index is 5.80. The Morgan fingerprint density at radius 2 is 2.16 bits per heavy atom. The third kappa shape index (κ3) is 3.07. The molecule has 4 heteroatoms. The van der Waals surface area contributed by atoms with Crippen LogP contribution in [0.4, 0.5) is 0 Å². The van der Waals surface area contributed by atoms with Gasteiger partial charge in [0.25, 0.3) is 0 Å². The Labute approximate surface area is 114 Å². The van der Waals surface area contributed by atoms with Crippen LogP contribution in [0.2, 0.25) is 0 Å². The van der Waals surface area contributed by atoms with Crippen LogP contribution in [0.3, 0.4) is 0 Å². The molecule has 0 saturated heterocycles. The first-order valence-corrected chi connectivity index (χ1v) is 6.97. The van der Waals surface area contributed by atoms with Crippen molar-refractivity contribution < 1.29 is 4.74 Å². The quantitative estimate of drug-likeness (QED) is 0.869. The van der Waals surface area contributed by atoms with Gasteiger partial charge in [-0.1, -0.05) is 13.8 Å². The van der Waals surface area contributed by atoms with E-state index in [1.165, 1.54) is 0 Å². The number of hydrogen-bond acceptors (Lipinski definition) is 3. The van der Waals surface area contributed by atoms with Gasteiger partial charge in [-0.25, -0.2) is 4.98 Å². The minimum atomic E-state index is 0.469. The van der Waals surface area contributed by atoms with Gasteiger partial charge in [0.05, 0.1) is 24.2 Å². The minimum Gasteiger partial charge on any atom is -0.494 e. The predicted molar refractivity (Wildman–Crippen MR) is 78.2 cm³/mol. The summed E-state index contributed by atoms with van der Waals surface area (Å²) in [6.45, 7) is 8.55. The van der Waals surface area contributed by atoms with Crippen molar-refractivity contribution >= 4 is 11.0 Å². The Balaban J connectivity index is 2.37. The highest BCUT2D eigenvalue weighted by Gasteiger charge is 2.10. The fraction of sp³-hybridized carbons (Fsp3) is 0.533. The molecule has 0 unspecified atom stereocenters. The summed E-state index contributed by atoms with van der Waals surface area (Å²) in [7, 11) is 0. The van der Waals surface area contributed by atoms with E-state index < -0.39 is 0 Å². The molecule has 0 aliphatic carbocycles. The van der Waals surface area contributed by atoms with Crippen molar-refractivity contribution in [2.24, 2.45) is 11.7 Å². The van der Waals surface area contributed by atoms with E-state index >= 15 is 0 Å². The van der Waals surface area contributed by atoms with E-state index in [0.717, 1.165) is 35.6 Å². The number of nitrogens with two attached hydrogens (primary N) is 1. The van der Waals surface area contributed by atoms with Crippen LogP contribution in [-0.2, 0) is 13.1 Å². The summed E-state index contributed by atoms with van der Waals surface area (Å²) in [6.07, 6.45) is 1.13. The second-order valence-electron chi connectivity index (χ2n) is 5.15. The zero-order valence-corrected chi connectivity index (χ0v) is 12.0. The van der Waals surface area contributed by atoms with Gasteiger partial charge in [0.2, 0.25) is 0 Å². The lowest BCUT2D eigenvalue weighted by molar-refractivity contribution is 0.340. The van der Waals surface area contributed by atoms with Gasteiger partial charge in [0, 0.05) is 12.6 Å². The number of aryl methyl sites for hydroxylation is 1. The molecule has 19 heavy (non-hydrogen) atoms. The zero-order chi connectivity index (χ0) is 13.8. The van der Waals surface area contributed by atoms with Gasteiger partial charge in [-0.15, -0.1) is 0 Å². The van der Waals surface area contributed by atoms with Crippen molar-refractivity contribution in [2.75, 3.05) is 6.61 Å². The van der Waals surface area contributed by atoms with Crippen LogP contribution < -0.4 is 10.5 Å². The molecule has 2 N–H and O–H groups in total. The van der Waals surface area contributed by atoms with Gasteiger partial charge in [-0.2, -0.15) is 0 Å². The highest BCUT2D eigenvalue weighted by atomic mass is 16.5. The Hall–Kier alpha value is -1.55. The smallest absolute Gasteiger partial charge is 0.123 e. The third-order valence-corrected chi connectivity index (χ3v) is 3.22. The first-order chi connectivity index (χ1) is 9.15. The number of imidazole rings is 1. The molecule has 0 amide bonds. The van der Waals surface area contributed by atoms with Gasteiger partial charge in [0.1, 0.15) is 11.6 Å². The number of ether oxygens (including phenoxy) is 1. The van der Waals surface area contributed by atoms with Crippen LogP contribution in [0.5, 0.6) is 5.75 Å². The molecule has 1 aromatic carbocycles. The number of nitrogens with zero attached hydrogens (tertiary/aromatic N) is 2. The molecule has 0 saturated carbocycles. The van der Waals surface area contributed by atoms with Crippen LogP contribution in [0, 0.1) is 5.92 Å². The summed E-state index contributed by atoms with van der Waals surface area (Å²) in [5.74, 6) is 2.49. The van der Waals surface area contributed by atoms with Crippen molar-refractivity contribution in [3.8, 4) is 5.75 Å². The molecule has 0 fully saturated rings. The van der Waals surface area contributed by atoms with Crippen LogP contribution in [0.1, 0.15) is 33.0 Å². The van der Waals surface area contributed by atoms with Crippen molar-refractivity contribution in [1.29, 1.82) is 0 Å². The fourth-order valence-corrected chi connectivity index (χ4v) is 2.21. The Kier molecular flexibility index (Phi) is 4.43. The fourth-order valence-electron chi connectivity index (χ4n) is 2.21. The van der Waals surface area contributed by atoms with Crippen LogP contribution in [0.15, 0.2) is 18.2 Å². The minimum absolute atomic E-state index is 0.469. The SMILES string of the molecule is CCOc1ccc2c(c1)nc(CN)n2CCC(C)C. The summed E-state index contributed by atoms with van der Waals surface area (Å²) < 4.78 is 7.74. The van der Waals surface area contributed by atoms with E-state index in [4.69, 9.17) is 10.5 Å². The second-order valence-corrected chi connectivity index (χ2v) is 5.15. The van der Waals surface area contributed by atoms with Crippen LogP contribution in [0.25, 0.3) is 11.0 Å². The number of rotatable bonds is 6. The Morgan fingerprint density at radius 3 is 2.79 bits per heavy atom. The molecule has 1 aromatic heterocycles. The summed E-state index contributed by atoms with van der Waals surface area (Å²) in [5.41, 5.74) is 7.91. The molecule has 0 radical (unpaired) electrons. The van der Waals surface area contributed by atoms with Crippen molar-refractivity contribution in [3.05, 3.63) is 24.0 Å². The number of aromatic nitrogens is 2. The Morgan fingerprint density at radius 1 is 1.37 bits per heavy atom. The molecule has 2 aromatic rings. The summed E-state index contributed by atoms with van der Waals surface area (Å²) >= 11 is 0. The van der Waals surface area contributed by atoms with Gasteiger partial charge in [0.15, 0.2) is 0 Å². The first kappa shape index (κ1) is 13.9. The first-order valence-electron chi connectivity index (χ1n) is 6.97. The van der Waals surface area contributed by atoms with E-state index in [-0.39, 0.29) is 0 Å². The normalized spacial score (nSPS) is 11.4. The lowest BCUT2D eigenvalue weighted by Crippen LogP contribution is -2.09. The van der Waals surface area contributed by atoms with E-state index in [1.54, 1.807) is 0 Å². The highest BCUT2D eigenvalue weighted by molar-refractivity contribution is 5.77. The lowest BCUT2D eigenvalue weighted by atomic mass is 10.1. The topological polar surface area (TPSA) is 53.1 Å². The number of fused-ring (bicyclic) bond motifs is 1. The van der Waals surface area contributed by atoms with Gasteiger partial charge in [-0.05, 0) is 31.4 Å².